The largest absolute Gasteiger partial charge is 0.369 e. The van der Waals surface area contributed by atoms with Gasteiger partial charge in [-0.3, -0.25) is 4.79 Å². The molecule has 1 saturated carbocycles. The molecule has 0 unspecified atom stereocenters. The zero-order chi connectivity index (χ0) is 12.6. The smallest absolute Gasteiger partial charge is 0.223 e. The molecule has 0 aromatic heterocycles. The van der Waals surface area contributed by atoms with Gasteiger partial charge in [0.1, 0.15) is 0 Å². The Hall–Kier alpha value is -2.04. The van der Waals surface area contributed by atoms with Crippen molar-refractivity contribution < 1.29 is 4.79 Å². The first-order valence-corrected chi connectivity index (χ1v) is 5.32. The van der Waals surface area contributed by atoms with Crippen LogP contribution in [0.25, 0.3) is 0 Å². The van der Waals surface area contributed by atoms with Crippen LogP contribution in [0.2, 0.25) is 5.02 Å². The molecule has 2 rings (SSSR count). The molecule has 4 nitrogen and oxygen atoms in total. The number of nitrogens with zero attached hydrogens (tertiary/aromatic N) is 2. The maximum absolute atomic E-state index is 11.3. The number of carbonyl (C=O) groups excluding carboxylic acids is 1. The van der Waals surface area contributed by atoms with Crippen LogP contribution in [0.15, 0.2) is 24.3 Å². The van der Waals surface area contributed by atoms with Crippen LogP contribution in [0.5, 0.6) is 0 Å². The number of hydrogen-bond acceptors (Lipinski definition) is 3. The van der Waals surface area contributed by atoms with E-state index in [2.05, 4.69) is 0 Å². The lowest BCUT2D eigenvalue weighted by Gasteiger charge is -2.01. The molecule has 0 saturated heterocycles. The lowest BCUT2D eigenvalue weighted by Crippen LogP contribution is -2.17. The molecule has 0 heterocycles. The van der Waals surface area contributed by atoms with Crippen LogP contribution >= 0.6 is 11.6 Å². The normalized spacial score (nSPS) is 24.4. The van der Waals surface area contributed by atoms with Crippen molar-refractivity contribution in [3.05, 3.63) is 34.9 Å². The van der Waals surface area contributed by atoms with E-state index in [0.29, 0.717) is 10.6 Å². The fourth-order valence-corrected chi connectivity index (χ4v) is 2.49. The molecule has 2 atom stereocenters. The van der Waals surface area contributed by atoms with E-state index in [1.165, 1.54) is 0 Å². The number of nitrogens with two attached hydrogens (primary N) is 1. The van der Waals surface area contributed by atoms with Gasteiger partial charge in [0.25, 0.3) is 0 Å². The molecule has 0 radical (unpaired) electrons. The SMILES string of the molecule is N#CC1(C#N)[C@H](c2ccccc2Cl)[C@@H]1C(N)=O. The zero-order valence-corrected chi connectivity index (χ0v) is 9.48. The van der Waals surface area contributed by atoms with E-state index in [-0.39, 0.29) is 0 Å². The van der Waals surface area contributed by atoms with Crippen LogP contribution in [0.1, 0.15) is 11.5 Å². The van der Waals surface area contributed by atoms with Gasteiger partial charge in [-0.15, -0.1) is 0 Å². The fraction of sp³-hybridized carbons (Fsp3) is 0.250. The van der Waals surface area contributed by atoms with Gasteiger partial charge < -0.3 is 5.73 Å². The van der Waals surface area contributed by atoms with Gasteiger partial charge in [-0.1, -0.05) is 29.8 Å². The van der Waals surface area contributed by atoms with Gasteiger partial charge in [-0.05, 0) is 11.6 Å². The average molecular weight is 246 g/mol. The third-order valence-electron chi connectivity index (χ3n) is 3.12. The van der Waals surface area contributed by atoms with Crippen molar-refractivity contribution in [1.82, 2.24) is 0 Å². The summed E-state index contributed by atoms with van der Waals surface area (Å²) in [4.78, 5) is 11.3. The minimum atomic E-state index is -1.36. The molecule has 1 aliphatic carbocycles. The van der Waals surface area contributed by atoms with Crippen LogP contribution in [0, 0.1) is 34.0 Å². The van der Waals surface area contributed by atoms with Gasteiger partial charge in [0.05, 0.1) is 18.1 Å². The molecule has 1 fully saturated rings. The summed E-state index contributed by atoms with van der Waals surface area (Å²) in [7, 11) is 0. The summed E-state index contributed by atoms with van der Waals surface area (Å²) < 4.78 is 0. The Bertz CT molecular complexity index is 556. The highest BCUT2D eigenvalue weighted by Gasteiger charge is 2.70. The van der Waals surface area contributed by atoms with Crippen LogP contribution in [0.3, 0.4) is 0 Å². The van der Waals surface area contributed by atoms with E-state index in [1.54, 1.807) is 24.3 Å². The van der Waals surface area contributed by atoms with Crippen LogP contribution in [-0.2, 0) is 4.79 Å². The van der Waals surface area contributed by atoms with Crippen molar-refractivity contribution in [2.75, 3.05) is 0 Å². The highest BCUT2D eigenvalue weighted by Crippen LogP contribution is 2.64. The predicted molar refractivity (Wildman–Crippen MR) is 60.5 cm³/mol. The molecule has 17 heavy (non-hydrogen) atoms. The number of halogens is 1. The number of hydrogen-bond donors (Lipinski definition) is 1. The van der Waals surface area contributed by atoms with Gasteiger partial charge in [0.15, 0.2) is 5.41 Å². The Morgan fingerprint density at radius 3 is 2.35 bits per heavy atom. The fourth-order valence-electron chi connectivity index (χ4n) is 2.23. The number of primary amides is 1. The quantitative estimate of drug-likeness (QED) is 0.857. The van der Waals surface area contributed by atoms with E-state index < -0.39 is 23.2 Å². The molecule has 1 aliphatic rings. The minimum Gasteiger partial charge on any atom is -0.369 e. The summed E-state index contributed by atoms with van der Waals surface area (Å²) >= 11 is 6.00. The molecular formula is C12H8ClN3O. The predicted octanol–water partition coefficient (Wildman–Crippen LogP) is 1.57. The molecule has 0 aliphatic heterocycles. The lowest BCUT2D eigenvalue weighted by atomic mass is 10.0. The van der Waals surface area contributed by atoms with Crippen molar-refractivity contribution in [2.24, 2.45) is 17.1 Å². The first-order chi connectivity index (χ1) is 8.08. The Morgan fingerprint density at radius 2 is 1.94 bits per heavy atom. The molecule has 1 aromatic rings. The topological polar surface area (TPSA) is 90.7 Å². The van der Waals surface area contributed by atoms with Gasteiger partial charge in [-0.2, -0.15) is 10.5 Å². The van der Waals surface area contributed by atoms with E-state index in [0.717, 1.165) is 0 Å². The highest BCUT2D eigenvalue weighted by molar-refractivity contribution is 6.31. The number of nitriles is 2. The second kappa shape index (κ2) is 3.76. The third kappa shape index (κ3) is 1.46. The number of amides is 1. The molecule has 5 heteroatoms. The molecule has 1 aromatic carbocycles. The van der Waals surface area contributed by atoms with Gasteiger partial charge >= 0.3 is 0 Å². The van der Waals surface area contributed by atoms with Gasteiger partial charge in [-0.25, -0.2) is 0 Å². The van der Waals surface area contributed by atoms with Crippen molar-refractivity contribution in [3.63, 3.8) is 0 Å². The Kier molecular flexibility index (Phi) is 2.53. The summed E-state index contributed by atoms with van der Waals surface area (Å²) in [6.07, 6.45) is 0. The third-order valence-corrected chi connectivity index (χ3v) is 3.47. The van der Waals surface area contributed by atoms with Crippen molar-refractivity contribution in [2.45, 2.75) is 5.92 Å². The number of rotatable bonds is 2. The number of carbonyl (C=O) groups is 1. The minimum absolute atomic E-state index is 0.441. The van der Waals surface area contributed by atoms with Crippen molar-refractivity contribution in [3.8, 4) is 12.1 Å². The van der Waals surface area contributed by atoms with Gasteiger partial charge in [0, 0.05) is 10.9 Å². The first-order valence-electron chi connectivity index (χ1n) is 4.94. The van der Waals surface area contributed by atoms with Crippen molar-refractivity contribution >= 4 is 17.5 Å². The summed E-state index contributed by atoms with van der Waals surface area (Å²) in [5.41, 5.74) is 4.48. The molecule has 0 spiro atoms. The first kappa shape index (κ1) is 11.4. The zero-order valence-electron chi connectivity index (χ0n) is 8.72. The van der Waals surface area contributed by atoms with Crippen LogP contribution in [-0.4, -0.2) is 5.91 Å². The maximum atomic E-state index is 11.3. The Morgan fingerprint density at radius 1 is 1.35 bits per heavy atom. The summed E-state index contributed by atoms with van der Waals surface area (Å²) in [5.74, 6) is -1.95. The molecule has 2 N–H and O–H groups in total. The highest BCUT2D eigenvalue weighted by atomic mass is 35.5. The second-order valence-corrected chi connectivity index (χ2v) is 4.38. The van der Waals surface area contributed by atoms with Crippen LogP contribution < -0.4 is 5.73 Å². The summed E-state index contributed by atoms with van der Waals surface area (Å²) in [6, 6.07) is 10.6. The molecular weight excluding hydrogens is 238 g/mol. The number of benzene rings is 1. The second-order valence-electron chi connectivity index (χ2n) is 3.97. The van der Waals surface area contributed by atoms with E-state index in [1.807, 2.05) is 12.1 Å². The van der Waals surface area contributed by atoms with E-state index >= 15 is 0 Å². The molecule has 0 bridgehead atoms. The van der Waals surface area contributed by atoms with E-state index in [4.69, 9.17) is 27.9 Å². The molecule has 84 valence electrons. The average Bonchev–Trinajstić information content (AvgIpc) is 2.99. The standard InChI is InChI=1S/C12H8ClN3O/c13-8-4-2-1-3-7(8)9-10(11(16)17)12(9,5-14)6-15/h1-4,9-10H,(H2,16,17)/t9-,10-/m1/s1. The van der Waals surface area contributed by atoms with Crippen molar-refractivity contribution in [1.29, 1.82) is 10.5 Å². The Labute approximate surface area is 103 Å². The Balaban J connectivity index is 2.50. The van der Waals surface area contributed by atoms with E-state index in [9.17, 15) is 4.79 Å². The monoisotopic (exact) mass is 245 g/mol. The van der Waals surface area contributed by atoms with Gasteiger partial charge in [0.2, 0.25) is 5.91 Å². The van der Waals surface area contributed by atoms with Crippen LogP contribution in [0.4, 0.5) is 0 Å². The maximum Gasteiger partial charge on any atom is 0.223 e. The summed E-state index contributed by atoms with van der Waals surface area (Å²) in [5, 5.41) is 18.6. The summed E-state index contributed by atoms with van der Waals surface area (Å²) in [6.45, 7) is 0. The molecule has 1 amide bonds. The lowest BCUT2D eigenvalue weighted by molar-refractivity contribution is -0.119.